The first kappa shape index (κ1) is 27.9. The molecule has 37 heavy (non-hydrogen) atoms. The molecule has 0 spiro atoms. The zero-order chi connectivity index (χ0) is 27.5. The number of hydrogen-bond acceptors (Lipinski definition) is 12. The number of cyclic esters (lactones) is 1. The first-order chi connectivity index (χ1) is 17.3. The molecule has 0 amide bonds. The minimum Gasteiger partial charge on any atom is -0.469 e. The van der Waals surface area contributed by atoms with Crippen molar-refractivity contribution in [2.24, 2.45) is 28.6 Å². The maximum atomic E-state index is 14.0. The van der Waals surface area contributed by atoms with Gasteiger partial charge >= 0.3 is 17.9 Å². The Morgan fingerprint density at radius 2 is 1.76 bits per heavy atom. The number of aliphatic hydroxyl groups is 2. The Balaban J connectivity index is 1.80. The maximum Gasteiger partial charge on any atom is 0.309 e. The number of aliphatic hydroxyl groups excluding tert-OH is 1. The molecule has 2 N–H and O–H groups in total. The monoisotopic (exact) mass is 528 g/mol. The first-order valence-electron chi connectivity index (χ1n) is 12.4. The van der Waals surface area contributed by atoms with Crippen LogP contribution in [0.5, 0.6) is 0 Å². The molecule has 0 aromatic rings. The number of Topliss-reactive ketones (excluding diaryl/α,β-unsaturated/α-hetero) is 1. The molecule has 0 aromatic carbocycles. The van der Waals surface area contributed by atoms with Crippen molar-refractivity contribution in [3.63, 3.8) is 0 Å². The number of rotatable bonds is 5. The van der Waals surface area contributed by atoms with Gasteiger partial charge in [0.25, 0.3) is 0 Å². The van der Waals surface area contributed by atoms with Crippen LogP contribution in [-0.4, -0.2) is 91.7 Å². The molecule has 0 radical (unpaired) electrons. The van der Waals surface area contributed by atoms with Gasteiger partial charge in [0.2, 0.25) is 0 Å². The molecule has 208 valence electrons. The van der Waals surface area contributed by atoms with Crippen molar-refractivity contribution in [3.8, 4) is 0 Å². The van der Waals surface area contributed by atoms with Gasteiger partial charge in [-0.3, -0.25) is 19.2 Å². The van der Waals surface area contributed by atoms with Crippen LogP contribution in [0.4, 0.5) is 0 Å². The van der Waals surface area contributed by atoms with E-state index in [1.54, 1.807) is 6.92 Å². The van der Waals surface area contributed by atoms with Crippen LogP contribution in [0, 0.1) is 28.6 Å². The van der Waals surface area contributed by atoms with Gasteiger partial charge in [0.15, 0.2) is 30.1 Å². The highest BCUT2D eigenvalue weighted by Crippen LogP contribution is 2.64. The van der Waals surface area contributed by atoms with Crippen molar-refractivity contribution in [1.82, 2.24) is 0 Å². The average Bonchev–Trinajstić information content (AvgIpc) is 3.09. The third-order valence-corrected chi connectivity index (χ3v) is 9.23. The van der Waals surface area contributed by atoms with Gasteiger partial charge in [0.1, 0.15) is 12.2 Å². The number of hydrogen-bond donors (Lipinski definition) is 2. The number of fused-ring (bicyclic) bond motifs is 3. The minimum absolute atomic E-state index is 0.0233. The SMILES string of the molecule is COC(=O)[C@@H]1C[C@H](OC(C)=O)C(=O)[C@H]2[C@@]1(C)CC[C@H]1C(=O)O[C@H]([C@@]3(O)[C@@H](OC)O[C@@H](OC)[C@H]3O)C[C@]21C. The molecule has 4 rings (SSSR count). The summed E-state index contributed by atoms with van der Waals surface area (Å²) in [7, 11) is 3.81. The highest BCUT2D eigenvalue weighted by molar-refractivity contribution is 5.93. The molecule has 0 unspecified atom stereocenters. The van der Waals surface area contributed by atoms with E-state index in [4.69, 9.17) is 28.4 Å². The summed E-state index contributed by atoms with van der Waals surface area (Å²) in [4.78, 5) is 52.1. The summed E-state index contributed by atoms with van der Waals surface area (Å²) in [5.74, 6) is -4.67. The van der Waals surface area contributed by atoms with E-state index in [0.29, 0.717) is 12.8 Å². The lowest BCUT2D eigenvalue weighted by molar-refractivity contribution is -0.264. The van der Waals surface area contributed by atoms with E-state index in [9.17, 15) is 29.4 Å². The first-order valence-corrected chi connectivity index (χ1v) is 12.4. The predicted octanol–water partition coefficient (Wildman–Crippen LogP) is 0.102. The largest absolute Gasteiger partial charge is 0.469 e. The molecule has 12 nitrogen and oxygen atoms in total. The van der Waals surface area contributed by atoms with E-state index in [0.717, 1.165) is 0 Å². The smallest absolute Gasteiger partial charge is 0.309 e. The minimum atomic E-state index is -2.21. The Bertz CT molecular complexity index is 963. The predicted molar refractivity (Wildman–Crippen MR) is 121 cm³/mol. The molecule has 4 fully saturated rings. The molecule has 0 aromatic heterocycles. The lowest BCUT2D eigenvalue weighted by Crippen LogP contribution is -2.69. The second-order valence-electron chi connectivity index (χ2n) is 11.1. The maximum absolute atomic E-state index is 14.0. The number of carbonyl (C=O) groups excluding carboxylic acids is 4. The van der Waals surface area contributed by atoms with Gasteiger partial charge in [0.05, 0.1) is 18.9 Å². The second-order valence-corrected chi connectivity index (χ2v) is 11.1. The van der Waals surface area contributed by atoms with E-state index in [1.807, 2.05) is 6.92 Å². The Morgan fingerprint density at radius 1 is 1.08 bits per heavy atom. The Morgan fingerprint density at radius 3 is 2.32 bits per heavy atom. The molecule has 2 saturated carbocycles. The fourth-order valence-corrected chi connectivity index (χ4v) is 7.51. The standard InChI is InChI=1S/C25H36O12/c1-11(26)35-14-9-13(19(29)32-4)23(2)8-7-12-20(30)36-15(10-24(12,3)17(23)16(14)27)25(31)18(28)21(33-5)37-22(25)34-6/h12-15,17-18,21-22,28,31H,7-10H2,1-6H3/t12-,13-,14-,15-,17-,18+,21+,22-,23-,24-,25-/m0/s1. The van der Waals surface area contributed by atoms with Gasteiger partial charge in [-0.1, -0.05) is 13.8 Å². The van der Waals surface area contributed by atoms with Crippen molar-refractivity contribution >= 4 is 23.7 Å². The van der Waals surface area contributed by atoms with E-state index in [-0.39, 0.29) is 12.8 Å². The van der Waals surface area contributed by atoms with Crippen molar-refractivity contribution in [2.75, 3.05) is 21.3 Å². The normalized spacial score (nSPS) is 47.5. The Labute approximate surface area is 214 Å². The van der Waals surface area contributed by atoms with Crippen molar-refractivity contribution < 1.29 is 57.8 Å². The number of carbonyl (C=O) groups is 4. The highest BCUT2D eigenvalue weighted by Gasteiger charge is 2.71. The lowest BCUT2D eigenvalue weighted by Gasteiger charge is -2.61. The third kappa shape index (κ3) is 3.99. The van der Waals surface area contributed by atoms with Gasteiger partial charge in [-0.15, -0.1) is 0 Å². The summed E-state index contributed by atoms with van der Waals surface area (Å²) in [6.07, 6.45) is -6.18. The third-order valence-electron chi connectivity index (χ3n) is 9.23. The topological polar surface area (TPSA) is 164 Å². The van der Waals surface area contributed by atoms with Gasteiger partial charge in [-0.25, -0.2) is 0 Å². The molecule has 2 saturated heterocycles. The van der Waals surface area contributed by atoms with Crippen LogP contribution in [0.2, 0.25) is 0 Å². The van der Waals surface area contributed by atoms with Crippen molar-refractivity contribution in [2.45, 2.75) is 82.9 Å². The summed E-state index contributed by atoms with van der Waals surface area (Å²) < 4.78 is 32.0. The van der Waals surface area contributed by atoms with Crippen LogP contribution in [-0.2, 0) is 47.6 Å². The summed E-state index contributed by atoms with van der Waals surface area (Å²) in [5.41, 5.74) is -4.26. The summed E-state index contributed by atoms with van der Waals surface area (Å²) in [5, 5.41) is 22.6. The summed E-state index contributed by atoms with van der Waals surface area (Å²) in [6.45, 7) is 4.75. The highest BCUT2D eigenvalue weighted by atomic mass is 16.8. The Kier molecular flexibility index (Phi) is 7.21. The molecule has 11 atom stereocenters. The van der Waals surface area contributed by atoms with Crippen LogP contribution >= 0.6 is 0 Å². The van der Waals surface area contributed by atoms with E-state index in [1.165, 1.54) is 28.3 Å². The van der Waals surface area contributed by atoms with Crippen molar-refractivity contribution in [3.05, 3.63) is 0 Å². The Hall–Kier alpha value is -2.12. The molecule has 2 heterocycles. The molecular weight excluding hydrogens is 492 g/mol. The van der Waals surface area contributed by atoms with Gasteiger partial charge in [-0.2, -0.15) is 0 Å². The van der Waals surface area contributed by atoms with Gasteiger partial charge in [0, 0.05) is 33.5 Å². The quantitative estimate of drug-likeness (QED) is 0.366. The van der Waals surface area contributed by atoms with Crippen LogP contribution in [0.15, 0.2) is 0 Å². The zero-order valence-corrected chi connectivity index (χ0v) is 21.9. The lowest BCUT2D eigenvalue weighted by atomic mass is 9.43. The molecule has 2 aliphatic heterocycles. The van der Waals surface area contributed by atoms with Crippen LogP contribution in [0.1, 0.15) is 46.5 Å². The molecule has 12 heteroatoms. The number of methoxy groups -OCH3 is 3. The average molecular weight is 529 g/mol. The van der Waals surface area contributed by atoms with Crippen molar-refractivity contribution in [1.29, 1.82) is 0 Å². The number of ketones is 1. The zero-order valence-electron chi connectivity index (χ0n) is 21.9. The van der Waals surface area contributed by atoms with E-state index < -0.39 is 88.8 Å². The van der Waals surface area contributed by atoms with E-state index in [2.05, 4.69) is 0 Å². The van der Waals surface area contributed by atoms with Crippen LogP contribution in [0.3, 0.4) is 0 Å². The van der Waals surface area contributed by atoms with Gasteiger partial charge in [-0.05, 0) is 30.1 Å². The molecule has 0 bridgehead atoms. The molecule has 4 aliphatic rings. The summed E-state index contributed by atoms with van der Waals surface area (Å²) in [6, 6.07) is 0. The summed E-state index contributed by atoms with van der Waals surface area (Å²) >= 11 is 0. The van der Waals surface area contributed by atoms with E-state index >= 15 is 0 Å². The molecule has 2 aliphatic carbocycles. The fourth-order valence-electron chi connectivity index (χ4n) is 7.51. The van der Waals surface area contributed by atoms with Gasteiger partial charge < -0.3 is 38.6 Å². The van der Waals surface area contributed by atoms with Crippen LogP contribution < -0.4 is 0 Å². The number of esters is 3. The fraction of sp³-hybridized carbons (Fsp3) is 0.840. The second kappa shape index (κ2) is 9.57. The number of ether oxygens (including phenoxy) is 6. The molecular formula is C25H36O12. The van der Waals surface area contributed by atoms with Crippen LogP contribution in [0.25, 0.3) is 0 Å².